The molecule has 122 valence electrons. The summed E-state index contributed by atoms with van der Waals surface area (Å²) < 4.78 is 0. The highest BCUT2D eigenvalue weighted by Crippen LogP contribution is 2.31. The topological polar surface area (TPSA) is 27.3 Å². The lowest BCUT2D eigenvalue weighted by Gasteiger charge is -2.43. The van der Waals surface area contributed by atoms with Crippen molar-refractivity contribution < 1.29 is 0 Å². The van der Waals surface area contributed by atoms with Crippen LogP contribution >= 0.6 is 35.4 Å². The molecule has 1 aliphatic carbocycles. The van der Waals surface area contributed by atoms with Gasteiger partial charge in [0.1, 0.15) is 0 Å². The number of anilines is 1. The van der Waals surface area contributed by atoms with E-state index < -0.39 is 0 Å². The predicted molar refractivity (Wildman–Crippen MR) is 100 cm³/mol. The fourth-order valence-corrected chi connectivity index (χ4v) is 3.63. The Balaban J connectivity index is 1.93. The van der Waals surface area contributed by atoms with Crippen molar-refractivity contribution in [3.8, 4) is 0 Å². The molecule has 0 aliphatic heterocycles. The zero-order valence-corrected chi connectivity index (χ0v) is 15.4. The minimum absolute atomic E-state index is 0.188. The second-order valence-electron chi connectivity index (χ2n) is 6.11. The van der Waals surface area contributed by atoms with Crippen LogP contribution in [0.25, 0.3) is 0 Å². The molecule has 0 saturated heterocycles. The van der Waals surface area contributed by atoms with E-state index in [1.165, 1.54) is 32.1 Å². The maximum Gasteiger partial charge on any atom is 0.170 e. The molecule has 1 aromatic carbocycles. The summed E-state index contributed by atoms with van der Waals surface area (Å²) in [6, 6.07) is 5.33. The second-order valence-corrected chi connectivity index (χ2v) is 7.36. The molecule has 0 aromatic heterocycles. The molecular weight excluding hydrogens is 337 g/mol. The van der Waals surface area contributed by atoms with Gasteiger partial charge in [0.05, 0.1) is 10.7 Å². The summed E-state index contributed by atoms with van der Waals surface area (Å²) in [5.41, 5.74) is 0.958. The maximum absolute atomic E-state index is 6.16. The zero-order valence-electron chi connectivity index (χ0n) is 13.1. The third kappa shape index (κ3) is 4.48. The van der Waals surface area contributed by atoms with E-state index in [2.05, 4.69) is 29.6 Å². The van der Waals surface area contributed by atoms with Gasteiger partial charge in [0, 0.05) is 17.1 Å². The zero-order chi connectivity index (χ0) is 16.2. The number of likely N-dealkylation sites (N-methyl/N-ethyl adjacent to an activating group) is 1. The largest absolute Gasteiger partial charge is 0.361 e. The van der Waals surface area contributed by atoms with Gasteiger partial charge in [0.25, 0.3) is 0 Å². The van der Waals surface area contributed by atoms with Crippen LogP contribution in [0.2, 0.25) is 10.0 Å². The van der Waals surface area contributed by atoms with E-state index in [4.69, 9.17) is 35.4 Å². The molecule has 3 nitrogen and oxygen atoms in total. The van der Waals surface area contributed by atoms with E-state index >= 15 is 0 Å². The van der Waals surface area contributed by atoms with E-state index in [0.29, 0.717) is 15.2 Å². The Morgan fingerprint density at radius 1 is 1.23 bits per heavy atom. The third-order valence-electron chi connectivity index (χ3n) is 4.49. The van der Waals surface area contributed by atoms with Crippen molar-refractivity contribution in [1.82, 2.24) is 10.2 Å². The summed E-state index contributed by atoms with van der Waals surface area (Å²) in [4.78, 5) is 2.33. The Morgan fingerprint density at radius 2 is 1.91 bits per heavy atom. The Morgan fingerprint density at radius 3 is 2.50 bits per heavy atom. The van der Waals surface area contributed by atoms with Gasteiger partial charge in [-0.05, 0) is 57.4 Å². The lowest BCUT2D eigenvalue weighted by atomic mass is 9.80. The molecule has 0 heterocycles. The van der Waals surface area contributed by atoms with Crippen LogP contribution in [0.15, 0.2) is 18.2 Å². The quantitative estimate of drug-likeness (QED) is 0.771. The van der Waals surface area contributed by atoms with Crippen molar-refractivity contribution in [2.45, 2.75) is 37.6 Å². The van der Waals surface area contributed by atoms with Gasteiger partial charge in [-0.2, -0.15) is 0 Å². The molecule has 0 atom stereocenters. The average molecular weight is 360 g/mol. The number of hydrogen-bond acceptors (Lipinski definition) is 2. The Labute approximate surface area is 148 Å². The minimum atomic E-state index is 0.188. The molecule has 2 N–H and O–H groups in total. The van der Waals surface area contributed by atoms with Crippen molar-refractivity contribution in [1.29, 1.82) is 0 Å². The van der Waals surface area contributed by atoms with Gasteiger partial charge >= 0.3 is 0 Å². The number of nitrogens with one attached hydrogen (secondary N) is 2. The van der Waals surface area contributed by atoms with Crippen LogP contribution in [-0.4, -0.2) is 36.2 Å². The molecule has 1 fully saturated rings. The lowest BCUT2D eigenvalue weighted by Crippen LogP contribution is -2.54. The molecular formula is C16H23Cl2N3S. The fourth-order valence-electron chi connectivity index (χ4n) is 2.99. The van der Waals surface area contributed by atoms with Gasteiger partial charge in [0.15, 0.2) is 5.11 Å². The summed E-state index contributed by atoms with van der Waals surface area (Å²) in [6.45, 7) is 0.844. The van der Waals surface area contributed by atoms with Crippen molar-refractivity contribution in [2.75, 3.05) is 26.0 Å². The van der Waals surface area contributed by atoms with Crippen LogP contribution in [0.5, 0.6) is 0 Å². The van der Waals surface area contributed by atoms with Crippen LogP contribution in [0.4, 0.5) is 5.69 Å². The first-order valence-electron chi connectivity index (χ1n) is 7.60. The first-order valence-corrected chi connectivity index (χ1v) is 8.77. The highest BCUT2D eigenvalue weighted by molar-refractivity contribution is 7.80. The van der Waals surface area contributed by atoms with E-state index in [1.807, 2.05) is 6.07 Å². The van der Waals surface area contributed by atoms with Crippen LogP contribution < -0.4 is 10.6 Å². The maximum atomic E-state index is 6.16. The van der Waals surface area contributed by atoms with Crippen molar-refractivity contribution >= 4 is 46.2 Å². The first-order chi connectivity index (χ1) is 10.4. The SMILES string of the molecule is CN(C)C1(CNC(=S)Nc2ccc(Cl)cc2Cl)CCCCC1. The van der Waals surface area contributed by atoms with Gasteiger partial charge in [-0.15, -0.1) is 0 Å². The molecule has 0 spiro atoms. The summed E-state index contributed by atoms with van der Waals surface area (Å²) in [6.07, 6.45) is 6.30. The molecule has 2 rings (SSSR count). The molecule has 0 bridgehead atoms. The Kier molecular flexibility index (Phi) is 6.33. The number of halogens is 2. The molecule has 1 aromatic rings. The highest BCUT2D eigenvalue weighted by atomic mass is 35.5. The summed E-state index contributed by atoms with van der Waals surface area (Å²) >= 11 is 17.5. The van der Waals surface area contributed by atoms with Gasteiger partial charge in [-0.25, -0.2) is 0 Å². The summed E-state index contributed by atoms with van der Waals surface area (Å²) in [5.74, 6) is 0. The second kappa shape index (κ2) is 7.82. The fraction of sp³-hybridized carbons (Fsp3) is 0.562. The van der Waals surface area contributed by atoms with Crippen LogP contribution in [-0.2, 0) is 0 Å². The van der Waals surface area contributed by atoms with Crippen LogP contribution in [0.1, 0.15) is 32.1 Å². The normalized spacial score (nSPS) is 17.3. The first kappa shape index (κ1) is 17.8. The number of nitrogens with zero attached hydrogens (tertiary/aromatic N) is 1. The van der Waals surface area contributed by atoms with E-state index in [9.17, 15) is 0 Å². The van der Waals surface area contributed by atoms with Crippen LogP contribution in [0, 0.1) is 0 Å². The summed E-state index contributed by atoms with van der Waals surface area (Å²) in [7, 11) is 4.30. The molecule has 1 aliphatic rings. The van der Waals surface area contributed by atoms with Crippen molar-refractivity contribution in [3.05, 3.63) is 28.2 Å². The highest BCUT2D eigenvalue weighted by Gasteiger charge is 2.34. The smallest absolute Gasteiger partial charge is 0.170 e. The van der Waals surface area contributed by atoms with E-state index in [-0.39, 0.29) is 5.54 Å². The number of rotatable bonds is 4. The molecule has 0 radical (unpaired) electrons. The summed E-state index contributed by atoms with van der Waals surface area (Å²) in [5, 5.41) is 8.27. The monoisotopic (exact) mass is 359 g/mol. The third-order valence-corrected chi connectivity index (χ3v) is 5.28. The Bertz CT molecular complexity index is 528. The Hall–Kier alpha value is -0.550. The van der Waals surface area contributed by atoms with Crippen molar-refractivity contribution in [3.63, 3.8) is 0 Å². The van der Waals surface area contributed by atoms with Gasteiger partial charge in [-0.1, -0.05) is 42.5 Å². The molecule has 1 saturated carbocycles. The molecule has 6 heteroatoms. The van der Waals surface area contributed by atoms with Gasteiger partial charge < -0.3 is 15.5 Å². The van der Waals surface area contributed by atoms with Gasteiger partial charge in [-0.3, -0.25) is 0 Å². The lowest BCUT2D eigenvalue weighted by molar-refractivity contribution is 0.104. The van der Waals surface area contributed by atoms with E-state index in [0.717, 1.165) is 12.2 Å². The number of hydrogen-bond donors (Lipinski definition) is 2. The predicted octanol–water partition coefficient (Wildman–Crippen LogP) is 4.54. The molecule has 22 heavy (non-hydrogen) atoms. The standard InChI is InChI=1S/C16H23Cl2N3S/c1-21(2)16(8-4-3-5-9-16)11-19-15(22)20-14-7-6-12(17)10-13(14)18/h6-7,10H,3-5,8-9,11H2,1-2H3,(H2,19,20,22). The number of thiocarbonyl (C=S) groups is 1. The molecule has 0 unspecified atom stereocenters. The number of benzene rings is 1. The van der Waals surface area contributed by atoms with E-state index in [1.54, 1.807) is 12.1 Å². The minimum Gasteiger partial charge on any atom is -0.361 e. The average Bonchev–Trinajstić information content (AvgIpc) is 2.49. The van der Waals surface area contributed by atoms with Gasteiger partial charge in [0.2, 0.25) is 0 Å². The van der Waals surface area contributed by atoms with Crippen LogP contribution in [0.3, 0.4) is 0 Å². The van der Waals surface area contributed by atoms with Crippen molar-refractivity contribution in [2.24, 2.45) is 0 Å². The molecule has 0 amide bonds.